The number of hydrogen-bond donors (Lipinski definition) is 1. The fraction of sp³-hybridized carbons (Fsp3) is 0.429. The number of rotatable bonds is 1. The molecule has 2 aliphatic rings. The minimum atomic E-state index is -3.09. The molecule has 8 heteroatoms. The zero-order valence-corrected chi connectivity index (χ0v) is 12.5. The molecule has 1 aromatic carbocycles. The molecular formula is C14H15FN2O4S. The fourth-order valence-corrected chi connectivity index (χ4v) is 4.01. The first kappa shape index (κ1) is 15.0. The van der Waals surface area contributed by atoms with E-state index in [1.807, 2.05) is 0 Å². The van der Waals surface area contributed by atoms with Crippen LogP contribution >= 0.6 is 0 Å². The molecule has 118 valence electrons. The largest absolute Gasteiger partial charge is 0.340 e. The van der Waals surface area contributed by atoms with Crippen molar-refractivity contribution in [1.82, 2.24) is 4.90 Å². The van der Waals surface area contributed by atoms with Crippen molar-refractivity contribution in [2.75, 3.05) is 29.9 Å². The molecule has 2 aliphatic heterocycles. The predicted molar refractivity (Wildman–Crippen MR) is 77.6 cm³/mol. The van der Waals surface area contributed by atoms with Crippen LogP contribution < -0.4 is 5.32 Å². The van der Waals surface area contributed by atoms with E-state index in [2.05, 4.69) is 5.32 Å². The predicted octanol–water partition coefficient (Wildman–Crippen LogP) is 0.508. The van der Waals surface area contributed by atoms with Crippen LogP contribution in [0.3, 0.4) is 0 Å². The number of amides is 2. The SMILES string of the molecule is O=C1C[C@@H](C(=O)N2CCS(=O)(=O)CC2)c2cc(F)ccc2N1. The number of nitrogens with one attached hydrogen (secondary N) is 1. The van der Waals surface area contributed by atoms with Gasteiger partial charge in [0.1, 0.15) is 5.82 Å². The number of nitrogens with zero attached hydrogens (tertiary/aromatic N) is 1. The van der Waals surface area contributed by atoms with Crippen molar-refractivity contribution >= 4 is 27.3 Å². The van der Waals surface area contributed by atoms with Crippen molar-refractivity contribution < 1.29 is 22.4 Å². The summed E-state index contributed by atoms with van der Waals surface area (Å²) in [6.45, 7) is 0.230. The summed E-state index contributed by atoms with van der Waals surface area (Å²) in [4.78, 5) is 25.8. The van der Waals surface area contributed by atoms with E-state index in [1.54, 1.807) is 0 Å². The van der Waals surface area contributed by atoms with Gasteiger partial charge in [0, 0.05) is 25.2 Å². The molecule has 1 aromatic rings. The molecule has 0 aromatic heterocycles. The highest BCUT2D eigenvalue weighted by Gasteiger charge is 2.35. The van der Waals surface area contributed by atoms with E-state index in [0.717, 1.165) is 0 Å². The van der Waals surface area contributed by atoms with Crippen LogP contribution in [0.4, 0.5) is 10.1 Å². The van der Waals surface area contributed by atoms with Crippen LogP contribution in [0.2, 0.25) is 0 Å². The zero-order chi connectivity index (χ0) is 15.9. The first-order valence-electron chi connectivity index (χ1n) is 6.94. The van der Waals surface area contributed by atoms with Gasteiger partial charge in [-0.15, -0.1) is 0 Å². The molecule has 1 N–H and O–H groups in total. The van der Waals surface area contributed by atoms with Crippen LogP contribution in [0.25, 0.3) is 0 Å². The second kappa shape index (κ2) is 5.35. The second-order valence-corrected chi connectivity index (χ2v) is 7.82. The summed E-state index contributed by atoms with van der Waals surface area (Å²) in [5.41, 5.74) is 0.874. The molecule has 6 nitrogen and oxygen atoms in total. The van der Waals surface area contributed by atoms with Gasteiger partial charge in [-0.25, -0.2) is 12.8 Å². The summed E-state index contributed by atoms with van der Waals surface area (Å²) >= 11 is 0. The Morgan fingerprint density at radius 1 is 1.27 bits per heavy atom. The van der Waals surface area contributed by atoms with Crippen LogP contribution in [0.15, 0.2) is 18.2 Å². The molecule has 0 spiro atoms. The quantitative estimate of drug-likeness (QED) is 0.815. The van der Waals surface area contributed by atoms with Gasteiger partial charge in [0.2, 0.25) is 11.8 Å². The summed E-state index contributed by atoms with van der Waals surface area (Å²) in [5, 5.41) is 2.62. The molecule has 0 saturated carbocycles. The summed E-state index contributed by atoms with van der Waals surface area (Å²) < 4.78 is 36.3. The van der Waals surface area contributed by atoms with E-state index < -0.39 is 21.6 Å². The lowest BCUT2D eigenvalue weighted by Crippen LogP contribution is -2.46. The Morgan fingerprint density at radius 3 is 2.64 bits per heavy atom. The Kier molecular flexibility index (Phi) is 3.64. The van der Waals surface area contributed by atoms with Crippen molar-refractivity contribution in [3.05, 3.63) is 29.6 Å². The van der Waals surface area contributed by atoms with Crippen LogP contribution in [0.1, 0.15) is 17.9 Å². The highest BCUT2D eigenvalue weighted by molar-refractivity contribution is 7.91. The molecular weight excluding hydrogens is 311 g/mol. The molecule has 1 atom stereocenters. The fourth-order valence-electron chi connectivity index (χ4n) is 2.81. The number of hydrogen-bond acceptors (Lipinski definition) is 4. The Labute approximate surface area is 127 Å². The molecule has 3 rings (SSSR count). The third kappa shape index (κ3) is 2.83. The maximum absolute atomic E-state index is 13.5. The summed E-state index contributed by atoms with van der Waals surface area (Å²) in [5.74, 6) is -2.02. The van der Waals surface area contributed by atoms with Gasteiger partial charge >= 0.3 is 0 Å². The van der Waals surface area contributed by atoms with Crippen LogP contribution in [0.5, 0.6) is 0 Å². The minimum Gasteiger partial charge on any atom is -0.340 e. The van der Waals surface area contributed by atoms with Crippen molar-refractivity contribution in [2.45, 2.75) is 12.3 Å². The van der Waals surface area contributed by atoms with Crippen molar-refractivity contribution in [3.63, 3.8) is 0 Å². The van der Waals surface area contributed by atoms with Crippen molar-refractivity contribution in [1.29, 1.82) is 0 Å². The molecule has 22 heavy (non-hydrogen) atoms. The van der Waals surface area contributed by atoms with Crippen molar-refractivity contribution in [3.8, 4) is 0 Å². The molecule has 0 aliphatic carbocycles. The van der Waals surface area contributed by atoms with Crippen LogP contribution in [-0.2, 0) is 19.4 Å². The van der Waals surface area contributed by atoms with Gasteiger partial charge < -0.3 is 10.2 Å². The molecule has 2 heterocycles. The molecule has 2 amide bonds. The van der Waals surface area contributed by atoms with E-state index in [-0.39, 0.29) is 42.8 Å². The van der Waals surface area contributed by atoms with Gasteiger partial charge in [0.05, 0.1) is 17.4 Å². The molecule has 0 radical (unpaired) electrons. The summed E-state index contributed by atoms with van der Waals surface area (Å²) in [6, 6.07) is 3.90. The monoisotopic (exact) mass is 326 g/mol. The summed E-state index contributed by atoms with van der Waals surface area (Å²) in [7, 11) is -3.09. The van der Waals surface area contributed by atoms with E-state index in [9.17, 15) is 22.4 Å². The topological polar surface area (TPSA) is 83.6 Å². The third-order valence-electron chi connectivity index (χ3n) is 4.01. The van der Waals surface area contributed by atoms with E-state index >= 15 is 0 Å². The number of carbonyl (C=O) groups is 2. The Balaban J connectivity index is 1.87. The van der Waals surface area contributed by atoms with Gasteiger partial charge in [0.25, 0.3) is 0 Å². The standard InChI is InChI=1S/C14H15FN2O4S/c15-9-1-2-12-10(7-9)11(8-13(18)16-12)14(19)17-3-5-22(20,21)6-4-17/h1-2,7,11H,3-6,8H2,(H,16,18)/t11-/m1/s1. The van der Waals surface area contributed by atoms with Gasteiger partial charge in [-0.1, -0.05) is 0 Å². The maximum Gasteiger partial charge on any atom is 0.230 e. The zero-order valence-electron chi connectivity index (χ0n) is 11.7. The number of sulfone groups is 1. The van der Waals surface area contributed by atoms with Crippen LogP contribution in [0, 0.1) is 5.82 Å². The lowest BCUT2D eigenvalue weighted by molar-refractivity contribution is -0.134. The average molecular weight is 326 g/mol. The first-order chi connectivity index (χ1) is 10.4. The van der Waals surface area contributed by atoms with Crippen LogP contribution in [-0.4, -0.2) is 49.7 Å². The number of halogens is 1. The van der Waals surface area contributed by atoms with Gasteiger partial charge in [-0.2, -0.15) is 0 Å². The Bertz CT molecular complexity index is 733. The maximum atomic E-state index is 13.5. The van der Waals surface area contributed by atoms with E-state index in [4.69, 9.17) is 0 Å². The number of fused-ring (bicyclic) bond motifs is 1. The Hall–Kier alpha value is -1.96. The van der Waals surface area contributed by atoms with Crippen molar-refractivity contribution in [2.24, 2.45) is 0 Å². The molecule has 0 bridgehead atoms. The minimum absolute atomic E-state index is 0.0570. The summed E-state index contributed by atoms with van der Waals surface area (Å²) in [6.07, 6.45) is -0.0570. The third-order valence-corrected chi connectivity index (χ3v) is 5.62. The Morgan fingerprint density at radius 2 is 1.95 bits per heavy atom. The smallest absolute Gasteiger partial charge is 0.230 e. The van der Waals surface area contributed by atoms with Gasteiger partial charge in [-0.05, 0) is 23.8 Å². The van der Waals surface area contributed by atoms with E-state index in [1.165, 1.54) is 23.1 Å². The number of benzene rings is 1. The van der Waals surface area contributed by atoms with E-state index in [0.29, 0.717) is 11.3 Å². The number of anilines is 1. The normalized spacial score (nSPS) is 23.6. The lowest BCUT2D eigenvalue weighted by atomic mass is 9.89. The first-order valence-corrected chi connectivity index (χ1v) is 8.76. The average Bonchev–Trinajstić information content (AvgIpc) is 2.46. The molecule has 1 saturated heterocycles. The lowest BCUT2D eigenvalue weighted by Gasteiger charge is -2.32. The van der Waals surface area contributed by atoms with Gasteiger partial charge in [0.15, 0.2) is 9.84 Å². The molecule has 0 unspecified atom stereocenters. The highest BCUT2D eigenvalue weighted by Crippen LogP contribution is 2.34. The second-order valence-electron chi connectivity index (χ2n) is 5.51. The van der Waals surface area contributed by atoms with Gasteiger partial charge in [-0.3, -0.25) is 9.59 Å². The molecule has 1 fully saturated rings. The number of carbonyl (C=O) groups excluding carboxylic acids is 2. The highest BCUT2D eigenvalue weighted by atomic mass is 32.2.